The number of ether oxygens (including phenoxy) is 1. The summed E-state index contributed by atoms with van der Waals surface area (Å²) in [6, 6.07) is 0. The molecule has 0 unspecified atom stereocenters. The first kappa shape index (κ1) is 19.7. The van der Waals surface area contributed by atoms with E-state index in [9.17, 15) is 14.4 Å². The molecule has 0 aliphatic carbocycles. The monoisotopic (exact) mass is 375 g/mol. The SMILES string of the molecule is C#CC(CC)(CC)NC(=O)COC(=O)c1sc2nc(C)[nH]c(=O)c2c1C. The standard InChI is InChI=1S/C18H21N3O4S/c1-6-18(7-2,8-3)21-12(22)9-25-17(24)14-10(4)13-15(23)19-11(5)20-16(13)26-14/h1H,7-9H2,2-5H3,(H,21,22)(H,19,20,23). The van der Waals surface area contributed by atoms with Gasteiger partial charge in [-0.3, -0.25) is 9.59 Å². The number of hydrogen-bond donors (Lipinski definition) is 2. The van der Waals surface area contributed by atoms with Crippen LogP contribution in [0.25, 0.3) is 10.2 Å². The molecule has 0 saturated heterocycles. The Morgan fingerprint density at radius 1 is 1.35 bits per heavy atom. The third kappa shape index (κ3) is 3.78. The zero-order valence-corrected chi connectivity index (χ0v) is 16.0. The topological polar surface area (TPSA) is 101 Å². The van der Waals surface area contributed by atoms with Crippen molar-refractivity contribution in [3.63, 3.8) is 0 Å². The molecule has 0 aliphatic rings. The number of esters is 1. The second-order valence-electron chi connectivity index (χ2n) is 5.95. The number of terminal acetylenes is 1. The fourth-order valence-electron chi connectivity index (χ4n) is 2.61. The minimum Gasteiger partial charge on any atom is -0.451 e. The van der Waals surface area contributed by atoms with Gasteiger partial charge in [0.15, 0.2) is 6.61 Å². The van der Waals surface area contributed by atoms with Crippen LogP contribution >= 0.6 is 11.3 Å². The lowest BCUT2D eigenvalue weighted by Gasteiger charge is -2.26. The fraction of sp³-hybridized carbons (Fsp3) is 0.444. The van der Waals surface area contributed by atoms with Gasteiger partial charge < -0.3 is 15.0 Å². The second kappa shape index (κ2) is 7.70. The van der Waals surface area contributed by atoms with E-state index in [0.717, 1.165) is 11.3 Å². The lowest BCUT2D eigenvalue weighted by Crippen LogP contribution is -2.48. The molecule has 0 bridgehead atoms. The summed E-state index contributed by atoms with van der Waals surface area (Å²) in [7, 11) is 0. The Hall–Kier alpha value is -2.66. The van der Waals surface area contributed by atoms with Crippen LogP contribution in [0.3, 0.4) is 0 Å². The molecule has 0 atom stereocenters. The van der Waals surface area contributed by atoms with E-state index in [0.29, 0.717) is 34.4 Å². The lowest BCUT2D eigenvalue weighted by atomic mass is 9.94. The van der Waals surface area contributed by atoms with Crippen molar-refractivity contribution >= 4 is 33.4 Å². The fourth-order valence-corrected chi connectivity index (χ4v) is 3.73. The minimum atomic E-state index is -0.744. The molecule has 0 spiro atoms. The van der Waals surface area contributed by atoms with Crippen molar-refractivity contribution in [2.45, 2.75) is 46.1 Å². The predicted octanol–water partition coefficient (Wildman–Crippen LogP) is 2.07. The zero-order chi connectivity index (χ0) is 19.5. The van der Waals surface area contributed by atoms with E-state index >= 15 is 0 Å². The quantitative estimate of drug-likeness (QED) is 0.594. The predicted molar refractivity (Wildman–Crippen MR) is 100 cm³/mol. The van der Waals surface area contributed by atoms with Crippen LogP contribution in [0.5, 0.6) is 0 Å². The van der Waals surface area contributed by atoms with Gasteiger partial charge in [-0.1, -0.05) is 19.8 Å². The average molecular weight is 375 g/mol. The van der Waals surface area contributed by atoms with Crippen LogP contribution in [0.2, 0.25) is 0 Å². The van der Waals surface area contributed by atoms with Crippen molar-refractivity contribution < 1.29 is 14.3 Å². The molecule has 8 heteroatoms. The van der Waals surface area contributed by atoms with E-state index in [2.05, 4.69) is 21.2 Å². The Bertz CT molecular complexity index is 948. The zero-order valence-electron chi connectivity index (χ0n) is 15.2. The first-order chi connectivity index (χ1) is 12.3. The number of nitrogens with one attached hydrogen (secondary N) is 2. The first-order valence-electron chi connectivity index (χ1n) is 8.22. The highest BCUT2D eigenvalue weighted by Gasteiger charge is 2.26. The van der Waals surface area contributed by atoms with Gasteiger partial charge in [0.05, 0.1) is 5.39 Å². The molecule has 26 heavy (non-hydrogen) atoms. The summed E-state index contributed by atoms with van der Waals surface area (Å²) < 4.78 is 5.10. The van der Waals surface area contributed by atoms with Gasteiger partial charge >= 0.3 is 5.97 Å². The van der Waals surface area contributed by atoms with E-state index in [-0.39, 0.29) is 10.4 Å². The Morgan fingerprint density at radius 2 is 2.00 bits per heavy atom. The largest absolute Gasteiger partial charge is 0.451 e. The molecule has 0 saturated carbocycles. The van der Waals surface area contributed by atoms with Crippen LogP contribution in [0, 0.1) is 26.2 Å². The van der Waals surface area contributed by atoms with Crippen molar-refractivity contribution in [1.29, 1.82) is 0 Å². The molecular weight excluding hydrogens is 354 g/mol. The third-order valence-electron chi connectivity index (χ3n) is 4.30. The molecule has 0 aliphatic heterocycles. The normalized spacial score (nSPS) is 11.2. The molecule has 138 valence electrons. The van der Waals surface area contributed by atoms with Crippen molar-refractivity contribution in [3.8, 4) is 12.3 Å². The second-order valence-corrected chi connectivity index (χ2v) is 6.94. The summed E-state index contributed by atoms with van der Waals surface area (Å²) in [5, 5.41) is 3.09. The highest BCUT2D eigenvalue weighted by molar-refractivity contribution is 7.20. The summed E-state index contributed by atoms with van der Waals surface area (Å²) >= 11 is 1.07. The molecule has 2 N–H and O–H groups in total. The number of amides is 1. The average Bonchev–Trinajstić information content (AvgIpc) is 2.94. The van der Waals surface area contributed by atoms with Crippen LogP contribution in [0.1, 0.15) is 47.7 Å². The van der Waals surface area contributed by atoms with E-state index in [1.54, 1.807) is 13.8 Å². The molecule has 1 amide bonds. The number of aromatic nitrogens is 2. The Morgan fingerprint density at radius 3 is 2.58 bits per heavy atom. The Labute approximate surface area is 155 Å². The van der Waals surface area contributed by atoms with E-state index in [1.807, 2.05) is 13.8 Å². The van der Waals surface area contributed by atoms with Gasteiger partial charge in [0.2, 0.25) is 0 Å². The number of carbonyl (C=O) groups excluding carboxylic acids is 2. The number of fused-ring (bicyclic) bond motifs is 1. The Kier molecular flexibility index (Phi) is 5.83. The van der Waals surface area contributed by atoms with Crippen molar-refractivity contribution in [2.75, 3.05) is 6.61 Å². The molecule has 7 nitrogen and oxygen atoms in total. The number of carbonyl (C=O) groups is 2. The summed E-state index contributed by atoms with van der Waals surface area (Å²) in [5.74, 6) is 1.92. The van der Waals surface area contributed by atoms with Gasteiger partial charge in [0.1, 0.15) is 21.1 Å². The maximum Gasteiger partial charge on any atom is 0.349 e. The van der Waals surface area contributed by atoms with Gasteiger partial charge in [-0.2, -0.15) is 0 Å². The smallest absolute Gasteiger partial charge is 0.349 e. The number of hydrogen-bond acceptors (Lipinski definition) is 6. The summed E-state index contributed by atoms with van der Waals surface area (Å²) in [6.45, 7) is 6.63. The van der Waals surface area contributed by atoms with E-state index in [4.69, 9.17) is 11.2 Å². The summed E-state index contributed by atoms with van der Waals surface area (Å²) in [4.78, 5) is 44.0. The number of aryl methyl sites for hydroxylation is 2. The molecule has 2 heterocycles. The van der Waals surface area contributed by atoms with Gasteiger partial charge in [-0.25, -0.2) is 9.78 Å². The molecule has 2 rings (SSSR count). The lowest BCUT2D eigenvalue weighted by molar-refractivity contribution is -0.125. The number of rotatable bonds is 6. The first-order valence-corrected chi connectivity index (χ1v) is 9.04. The Balaban J connectivity index is 2.14. The highest BCUT2D eigenvalue weighted by Crippen LogP contribution is 2.27. The van der Waals surface area contributed by atoms with Gasteiger partial charge in [-0.05, 0) is 32.3 Å². The van der Waals surface area contributed by atoms with Crippen molar-refractivity contribution in [2.24, 2.45) is 0 Å². The van der Waals surface area contributed by atoms with E-state index in [1.165, 1.54) is 0 Å². The summed E-state index contributed by atoms with van der Waals surface area (Å²) in [6.07, 6.45) is 6.65. The number of H-pyrrole nitrogens is 1. The maximum atomic E-state index is 12.3. The van der Waals surface area contributed by atoms with Crippen LogP contribution in [0.15, 0.2) is 4.79 Å². The van der Waals surface area contributed by atoms with Crippen LogP contribution in [0.4, 0.5) is 0 Å². The third-order valence-corrected chi connectivity index (χ3v) is 5.47. The van der Waals surface area contributed by atoms with Gasteiger partial charge in [0, 0.05) is 0 Å². The van der Waals surface area contributed by atoms with Gasteiger partial charge in [-0.15, -0.1) is 17.8 Å². The molecular formula is C18H21N3O4S. The number of nitrogens with zero attached hydrogens (tertiary/aromatic N) is 1. The van der Waals surface area contributed by atoms with Crippen molar-refractivity contribution in [3.05, 3.63) is 26.6 Å². The van der Waals surface area contributed by atoms with Gasteiger partial charge in [0.25, 0.3) is 11.5 Å². The molecule has 0 aromatic carbocycles. The van der Waals surface area contributed by atoms with Crippen molar-refractivity contribution in [1.82, 2.24) is 15.3 Å². The van der Waals surface area contributed by atoms with Crippen LogP contribution < -0.4 is 10.9 Å². The maximum absolute atomic E-state index is 12.3. The minimum absolute atomic E-state index is 0.255. The van der Waals surface area contributed by atoms with Crippen LogP contribution in [-0.4, -0.2) is 34.0 Å². The summed E-state index contributed by atoms with van der Waals surface area (Å²) in [5.41, 5.74) is -0.557. The molecule has 0 radical (unpaired) electrons. The van der Waals surface area contributed by atoms with E-state index < -0.39 is 24.0 Å². The van der Waals surface area contributed by atoms with Crippen LogP contribution in [-0.2, 0) is 9.53 Å². The highest BCUT2D eigenvalue weighted by atomic mass is 32.1. The number of thiophene rings is 1. The molecule has 0 fully saturated rings. The number of aromatic amines is 1. The molecule has 2 aromatic heterocycles. The molecule has 2 aromatic rings.